The van der Waals surface area contributed by atoms with E-state index in [9.17, 15) is 19.0 Å². The molecular formula is C78H139N2O7P. The summed E-state index contributed by atoms with van der Waals surface area (Å²) in [6.07, 6.45) is 92.1. The normalized spacial score (nSPS) is 14.1. The summed E-state index contributed by atoms with van der Waals surface area (Å²) in [6.45, 7) is 6.71. The Morgan fingerprint density at radius 3 is 1.11 bits per heavy atom. The van der Waals surface area contributed by atoms with Crippen LogP contribution in [-0.2, 0) is 27.9 Å². The predicted molar refractivity (Wildman–Crippen MR) is 381 cm³/mol. The molecule has 0 rings (SSSR count). The summed E-state index contributed by atoms with van der Waals surface area (Å²) in [4.78, 5) is 40.2. The van der Waals surface area contributed by atoms with Crippen LogP contribution in [0.25, 0.3) is 0 Å². The average Bonchev–Trinajstić information content (AvgIpc) is 3.71. The standard InChI is InChI=1S/C78H139N2O7P/c1-7-10-13-16-19-22-25-28-30-32-34-36-38-40-42-44-46-48-50-52-55-58-61-64-67-70-77(81)79-75(74-86-88(83,84)85-73-72-80(4,5)6)76(69-66-63-60-57-54-27-24-21-18-15-12-9-3)87-78(82)71-68-65-62-59-56-53-51-49-47-45-43-41-39-37-35-33-31-29-26-23-20-17-14-11-8-2/h10,13,19-20,22-23,28-31,34,36,40,42,46,48,66,69,75-76H,7-9,11-12,14-18,21,24-27,32-33,35,37-39,41,43-45,47,49-65,67-68,70-74H2,1-6H3,(H-,79,81,83,84)/b13-10-,22-19-,23-20-,30-28-,31-29-,36-34-,42-40-,48-46-,69-66+. The van der Waals surface area contributed by atoms with Crippen molar-refractivity contribution >= 4 is 19.7 Å². The van der Waals surface area contributed by atoms with Gasteiger partial charge in [-0.15, -0.1) is 0 Å². The second-order valence-corrected chi connectivity index (χ2v) is 27.1. The molecule has 0 spiro atoms. The number of esters is 1. The third kappa shape index (κ3) is 67.1. The molecule has 0 aliphatic carbocycles. The summed E-state index contributed by atoms with van der Waals surface area (Å²) in [5.74, 6) is -0.554. The van der Waals surface area contributed by atoms with Gasteiger partial charge in [-0.3, -0.25) is 14.2 Å². The van der Waals surface area contributed by atoms with Crippen molar-refractivity contribution in [2.24, 2.45) is 0 Å². The van der Waals surface area contributed by atoms with Crippen molar-refractivity contribution in [3.8, 4) is 0 Å². The summed E-state index contributed by atoms with van der Waals surface area (Å²) in [5, 5.41) is 3.04. The molecule has 0 aromatic carbocycles. The highest BCUT2D eigenvalue weighted by atomic mass is 31.2. The Bertz CT molecular complexity index is 1870. The van der Waals surface area contributed by atoms with Gasteiger partial charge < -0.3 is 28.5 Å². The van der Waals surface area contributed by atoms with Gasteiger partial charge in [-0.25, -0.2) is 0 Å². The number of nitrogens with zero attached hydrogens (tertiary/aromatic N) is 1. The number of ether oxygens (including phenoxy) is 1. The number of hydrogen-bond acceptors (Lipinski definition) is 7. The number of rotatable bonds is 66. The number of allylic oxidation sites excluding steroid dienone is 17. The maximum absolute atomic E-state index is 13.6. The van der Waals surface area contributed by atoms with Gasteiger partial charge in [0.15, 0.2) is 0 Å². The highest BCUT2D eigenvalue weighted by Gasteiger charge is 2.27. The quantitative estimate of drug-likeness (QED) is 0.0212. The van der Waals surface area contributed by atoms with Gasteiger partial charge in [0, 0.05) is 12.8 Å². The van der Waals surface area contributed by atoms with E-state index in [4.69, 9.17) is 13.8 Å². The molecular weight excluding hydrogens is 1110 g/mol. The zero-order chi connectivity index (χ0) is 64.2. The molecule has 0 aliphatic rings. The van der Waals surface area contributed by atoms with E-state index in [0.29, 0.717) is 17.4 Å². The van der Waals surface area contributed by atoms with Crippen LogP contribution in [0.1, 0.15) is 323 Å². The highest BCUT2D eigenvalue weighted by molar-refractivity contribution is 7.45. The molecule has 0 bridgehead atoms. The second-order valence-electron chi connectivity index (χ2n) is 25.7. The van der Waals surface area contributed by atoms with Gasteiger partial charge in [0.05, 0.1) is 33.8 Å². The van der Waals surface area contributed by atoms with Crippen molar-refractivity contribution in [1.82, 2.24) is 5.32 Å². The Morgan fingerprint density at radius 1 is 0.409 bits per heavy atom. The molecule has 0 fully saturated rings. The molecule has 1 amide bonds. The summed E-state index contributed by atoms with van der Waals surface area (Å²) in [7, 11) is 1.17. The summed E-state index contributed by atoms with van der Waals surface area (Å²) >= 11 is 0. The fourth-order valence-electron chi connectivity index (χ4n) is 10.3. The summed E-state index contributed by atoms with van der Waals surface area (Å²) < 4.78 is 30.5. The van der Waals surface area contributed by atoms with Crippen molar-refractivity contribution in [2.45, 2.75) is 335 Å². The minimum Gasteiger partial charge on any atom is -0.756 e. The summed E-state index contributed by atoms with van der Waals surface area (Å²) in [5.41, 5.74) is 0. The first kappa shape index (κ1) is 84.7. The molecule has 0 aliphatic heterocycles. The smallest absolute Gasteiger partial charge is 0.306 e. The Labute approximate surface area is 544 Å². The van der Waals surface area contributed by atoms with Crippen molar-refractivity contribution in [3.63, 3.8) is 0 Å². The molecule has 0 aromatic rings. The SMILES string of the molecule is CC/C=C\C/C=C\C/C=C\C/C=C\C/C=C\C/C=C\CCCCCCCCC(=O)NC(COP(=O)([O-])OCC[N+](C)(C)C)C(/C=C/CCCCCCCCCCCC)OC(=O)CCCCCCCCCCCCCCCCC/C=C\C/C=C\CCCCC. The van der Waals surface area contributed by atoms with E-state index in [0.717, 1.165) is 128 Å². The number of quaternary nitrogens is 1. The van der Waals surface area contributed by atoms with Crippen LogP contribution in [0, 0.1) is 0 Å². The molecule has 0 aromatic heterocycles. The molecule has 3 atom stereocenters. The van der Waals surface area contributed by atoms with Crippen LogP contribution in [0.15, 0.2) is 109 Å². The largest absolute Gasteiger partial charge is 0.756 e. The van der Waals surface area contributed by atoms with Gasteiger partial charge in [-0.05, 0) is 115 Å². The number of likely N-dealkylation sites (N-methyl/N-ethyl adjacent to an activating group) is 1. The van der Waals surface area contributed by atoms with Gasteiger partial charge in [-0.1, -0.05) is 304 Å². The lowest BCUT2D eigenvalue weighted by molar-refractivity contribution is -0.870. The van der Waals surface area contributed by atoms with Gasteiger partial charge in [0.1, 0.15) is 19.3 Å². The van der Waals surface area contributed by atoms with Gasteiger partial charge in [0.25, 0.3) is 7.82 Å². The van der Waals surface area contributed by atoms with Crippen molar-refractivity contribution in [1.29, 1.82) is 0 Å². The lowest BCUT2D eigenvalue weighted by Crippen LogP contribution is -2.47. The molecule has 3 unspecified atom stereocenters. The third-order valence-corrected chi connectivity index (χ3v) is 16.9. The number of carbonyl (C=O) groups is 2. The summed E-state index contributed by atoms with van der Waals surface area (Å²) in [6, 6.07) is -0.904. The monoisotopic (exact) mass is 1250 g/mol. The van der Waals surface area contributed by atoms with E-state index < -0.39 is 26.6 Å². The van der Waals surface area contributed by atoms with E-state index in [-0.39, 0.29) is 24.9 Å². The van der Waals surface area contributed by atoms with Crippen LogP contribution in [-0.4, -0.2) is 69.4 Å². The number of phosphoric acid groups is 1. The molecule has 0 saturated carbocycles. The Balaban J connectivity index is 5.07. The van der Waals surface area contributed by atoms with Crippen LogP contribution in [0.2, 0.25) is 0 Å². The van der Waals surface area contributed by atoms with Crippen LogP contribution in [0.3, 0.4) is 0 Å². The molecule has 88 heavy (non-hydrogen) atoms. The number of carbonyl (C=O) groups excluding carboxylic acids is 2. The fourth-order valence-corrected chi connectivity index (χ4v) is 11.0. The number of unbranched alkanes of at least 4 members (excludes halogenated alkanes) is 34. The van der Waals surface area contributed by atoms with Crippen LogP contribution in [0.5, 0.6) is 0 Å². The second kappa shape index (κ2) is 66.6. The van der Waals surface area contributed by atoms with E-state index in [1.165, 1.54) is 161 Å². The zero-order valence-electron chi connectivity index (χ0n) is 58.2. The topological polar surface area (TPSA) is 114 Å². The van der Waals surface area contributed by atoms with Gasteiger partial charge in [0.2, 0.25) is 5.91 Å². The Hall–Kier alpha value is -3.33. The molecule has 0 saturated heterocycles. The first-order valence-corrected chi connectivity index (χ1v) is 38.2. The Kier molecular flexibility index (Phi) is 64.1. The number of nitrogens with one attached hydrogen (secondary N) is 1. The van der Waals surface area contributed by atoms with E-state index >= 15 is 0 Å². The minimum absolute atomic E-state index is 0.0296. The minimum atomic E-state index is -4.72. The van der Waals surface area contributed by atoms with Crippen LogP contribution >= 0.6 is 7.82 Å². The fraction of sp³-hybridized carbons (Fsp3) is 0.744. The van der Waals surface area contributed by atoms with Gasteiger partial charge in [-0.2, -0.15) is 0 Å². The van der Waals surface area contributed by atoms with E-state index in [1.54, 1.807) is 0 Å². The maximum Gasteiger partial charge on any atom is 0.306 e. The first-order valence-electron chi connectivity index (χ1n) is 36.7. The molecule has 10 heteroatoms. The Morgan fingerprint density at radius 2 is 0.727 bits per heavy atom. The van der Waals surface area contributed by atoms with Crippen molar-refractivity contribution in [3.05, 3.63) is 109 Å². The number of amides is 1. The first-order chi connectivity index (χ1) is 42.9. The lowest BCUT2D eigenvalue weighted by Gasteiger charge is -2.30. The van der Waals surface area contributed by atoms with E-state index in [1.807, 2.05) is 33.3 Å². The van der Waals surface area contributed by atoms with Crippen molar-refractivity contribution < 1.29 is 37.3 Å². The molecule has 0 radical (unpaired) electrons. The number of hydrogen-bond donors (Lipinski definition) is 1. The van der Waals surface area contributed by atoms with Gasteiger partial charge >= 0.3 is 5.97 Å². The molecule has 9 nitrogen and oxygen atoms in total. The molecule has 508 valence electrons. The maximum atomic E-state index is 13.6. The third-order valence-electron chi connectivity index (χ3n) is 15.9. The highest BCUT2D eigenvalue weighted by Crippen LogP contribution is 2.38. The lowest BCUT2D eigenvalue weighted by atomic mass is 10.0. The zero-order valence-corrected chi connectivity index (χ0v) is 59.0. The van der Waals surface area contributed by atoms with E-state index in [2.05, 4.69) is 123 Å². The van der Waals surface area contributed by atoms with Crippen LogP contribution < -0.4 is 10.2 Å². The molecule has 0 heterocycles. The van der Waals surface area contributed by atoms with Crippen molar-refractivity contribution in [2.75, 3.05) is 40.9 Å². The molecule has 1 N–H and O–H groups in total. The van der Waals surface area contributed by atoms with Crippen LogP contribution in [0.4, 0.5) is 0 Å². The predicted octanol–water partition coefficient (Wildman–Crippen LogP) is 23.0. The average molecular weight is 1250 g/mol. The number of phosphoric ester groups is 1.